The maximum atomic E-state index is 12.6. The molecule has 0 spiro atoms. The molecule has 0 aliphatic heterocycles. The normalized spacial score (nSPS) is 9.64. The summed E-state index contributed by atoms with van der Waals surface area (Å²) in [6.45, 7) is 3.02. The van der Waals surface area contributed by atoms with Gasteiger partial charge in [-0.15, -0.1) is 0 Å². The zero-order valence-electron chi connectivity index (χ0n) is 21.1. The molecule has 0 saturated carbocycles. The van der Waals surface area contributed by atoms with E-state index in [0.717, 1.165) is 11.1 Å². The molecule has 0 fully saturated rings. The lowest BCUT2D eigenvalue weighted by molar-refractivity contribution is -0.605. The van der Waals surface area contributed by atoms with Crippen molar-refractivity contribution in [2.75, 3.05) is 0 Å². The predicted octanol–water partition coefficient (Wildman–Crippen LogP) is 4.23. The van der Waals surface area contributed by atoms with E-state index in [1.165, 1.54) is 62.8 Å². The first-order valence-corrected chi connectivity index (χ1v) is 11.4. The topological polar surface area (TPSA) is 122 Å². The third-order valence-corrected chi connectivity index (χ3v) is 4.44. The maximum absolute atomic E-state index is 12.6. The van der Waals surface area contributed by atoms with E-state index >= 15 is 0 Å². The van der Waals surface area contributed by atoms with Crippen molar-refractivity contribution in [3.63, 3.8) is 0 Å². The standard InChI is InChI=1S/2C12H10FNO2.C4H6O3/c13-11-3-1-10(2-4-11)9-16-12-5-7-14(15)8-6-12;13-10-3-1-9(2-4-10)8-16-11-5-6-14-12(15)7-11;1-3(5)7-4(2)6/h1-8H,9H2;1-7H,8H2,(H,14,15);1-2H3. The van der Waals surface area contributed by atoms with Crippen molar-refractivity contribution >= 4 is 11.9 Å². The molecule has 2 aromatic heterocycles. The van der Waals surface area contributed by atoms with Crippen LogP contribution in [0.4, 0.5) is 8.78 Å². The van der Waals surface area contributed by atoms with Crippen LogP contribution in [0.25, 0.3) is 0 Å². The highest BCUT2D eigenvalue weighted by molar-refractivity contribution is 5.82. The monoisotopic (exact) mass is 540 g/mol. The lowest BCUT2D eigenvalue weighted by Gasteiger charge is -2.05. The number of carbonyl (C=O) groups excluding carboxylic acids is 2. The van der Waals surface area contributed by atoms with Crippen LogP contribution in [-0.4, -0.2) is 16.9 Å². The van der Waals surface area contributed by atoms with Crippen molar-refractivity contribution in [2.45, 2.75) is 27.1 Å². The average Bonchev–Trinajstić information content (AvgIpc) is 2.89. The highest BCUT2D eigenvalue weighted by Crippen LogP contribution is 2.11. The molecule has 0 bridgehead atoms. The molecule has 0 atom stereocenters. The number of pyridine rings is 2. The minimum absolute atomic E-state index is 0.211. The van der Waals surface area contributed by atoms with Gasteiger partial charge in [0.1, 0.15) is 36.3 Å². The number of aromatic nitrogens is 2. The Morgan fingerprint density at radius 3 is 1.64 bits per heavy atom. The summed E-state index contributed by atoms with van der Waals surface area (Å²) in [4.78, 5) is 33.1. The van der Waals surface area contributed by atoms with Gasteiger partial charge in [0.25, 0.3) is 5.56 Å². The van der Waals surface area contributed by atoms with E-state index in [1.807, 2.05) is 0 Å². The summed E-state index contributed by atoms with van der Waals surface area (Å²) < 4.78 is 40.7. The van der Waals surface area contributed by atoms with Crippen molar-refractivity contribution in [1.29, 1.82) is 0 Å². The Kier molecular flexibility index (Phi) is 12.3. The second-order valence-electron chi connectivity index (χ2n) is 7.70. The van der Waals surface area contributed by atoms with Crippen LogP contribution in [0.2, 0.25) is 0 Å². The van der Waals surface area contributed by atoms with Gasteiger partial charge in [-0.3, -0.25) is 14.4 Å². The molecule has 39 heavy (non-hydrogen) atoms. The van der Waals surface area contributed by atoms with Crippen LogP contribution >= 0.6 is 0 Å². The summed E-state index contributed by atoms with van der Waals surface area (Å²) >= 11 is 0. The number of rotatable bonds is 6. The van der Waals surface area contributed by atoms with Crippen LogP contribution < -0.4 is 19.8 Å². The molecule has 11 heteroatoms. The van der Waals surface area contributed by atoms with Gasteiger partial charge in [0.2, 0.25) is 0 Å². The molecule has 0 radical (unpaired) electrons. The number of carbonyl (C=O) groups is 2. The predicted molar refractivity (Wildman–Crippen MR) is 136 cm³/mol. The third kappa shape index (κ3) is 13.2. The summed E-state index contributed by atoms with van der Waals surface area (Å²) in [6, 6.07) is 18.3. The highest BCUT2D eigenvalue weighted by atomic mass is 19.1. The molecule has 204 valence electrons. The van der Waals surface area contributed by atoms with Gasteiger partial charge in [-0.2, -0.15) is 4.73 Å². The number of hydrogen-bond donors (Lipinski definition) is 1. The lowest BCUT2D eigenvalue weighted by Crippen LogP contribution is -2.23. The van der Waals surface area contributed by atoms with Crippen molar-refractivity contribution in [3.05, 3.63) is 130 Å². The molecular weight excluding hydrogens is 514 g/mol. The quantitative estimate of drug-likeness (QED) is 0.168. The largest absolute Gasteiger partial charge is 0.619 e. The molecule has 0 aliphatic rings. The molecule has 4 aromatic rings. The van der Waals surface area contributed by atoms with E-state index in [0.29, 0.717) is 29.4 Å². The Morgan fingerprint density at radius 2 is 1.23 bits per heavy atom. The maximum Gasteiger partial charge on any atom is 0.310 e. The minimum atomic E-state index is -0.562. The Balaban J connectivity index is 0.000000222. The molecular formula is C28H26F2N2O7. The summed E-state index contributed by atoms with van der Waals surface area (Å²) in [5.41, 5.74) is 1.51. The summed E-state index contributed by atoms with van der Waals surface area (Å²) in [7, 11) is 0. The molecule has 0 aliphatic carbocycles. The smallest absolute Gasteiger partial charge is 0.310 e. The summed E-state index contributed by atoms with van der Waals surface area (Å²) in [6.07, 6.45) is 4.24. The van der Waals surface area contributed by atoms with Gasteiger partial charge >= 0.3 is 11.9 Å². The number of nitrogens with zero attached hydrogens (tertiary/aromatic N) is 1. The first-order chi connectivity index (χ1) is 18.6. The SMILES string of the molecule is CC(=O)OC(C)=O.O=c1cc(OCc2ccc(F)cc2)cc[nH]1.[O-][n+]1ccc(OCc2ccc(F)cc2)cc1. The number of benzene rings is 2. The van der Waals surface area contributed by atoms with Gasteiger partial charge in [-0.1, -0.05) is 24.3 Å². The van der Waals surface area contributed by atoms with Crippen LogP contribution in [0.5, 0.6) is 11.5 Å². The van der Waals surface area contributed by atoms with Gasteiger partial charge < -0.3 is 24.4 Å². The number of ether oxygens (including phenoxy) is 3. The van der Waals surface area contributed by atoms with Crippen LogP contribution in [0.15, 0.2) is 96.2 Å². The second-order valence-corrected chi connectivity index (χ2v) is 7.70. The van der Waals surface area contributed by atoms with Crippen molar-refractivity contribution in [1.82, 2.24) is 4.98 Å². The first-order valence-electron chi connectivity index (χ1n) is 11.4. The van der Waals surface area contributed by atoms with E-state index < -0.39 is 11.9 Å². The Morgan fingerprint density at radius 1 is 0.769 bits per heavy atom. The number of nitrogens with one attached hydrogen (secondary N) is 1. The summed E-state index contributed by atoms with van der Waals surface area (Å²) in [5.74, 6) is -0.569. The molecule has 2 heterocycles. The number of H-pyrrole nitrogens is 1. The Hall–Kier alpha value is -5.06. The van der Waals surface area contributed by atoms with E-state index in [2.05, 4.69) is 9.72 Å². The van der Waals surface area contributed by atoms with Gasteiger partial charge in [0.15, 0.2) is 12.4 Å². The van der Waals surface area contributed by atoms with Crippen LogP contribution in [0, 0.1) is 16.8 Å². The fourth-order valence-corrected chi connectivity index (χ4v) is 2.71. The van der Waals surface area contributed by atoms with Gasteiger partial charge in [0.05, 0.1) is 0 Å². The Bertz CT molecular complexity index is 1320. The molecule has 4 rings (SSSR count). The zero-order chi connectivity index (χ0) is 28.6. The zero-order valence-corrected chi connectivity index (χ0v) is 21.1. The molecule has 1 N–H and O–H groups in total. The Labute approximate surface area is 222 Å². The van der Waals surface area contributed by atoms with Crippen LogP contribution in [0.1, 0.15) is 25.0 Å². The number of halogens is 2. The number of esters is 2. The van der Waals surface area contributed by atoms with E-state index in [9.17, 15) is 28.4 Å². The van der Waals surface area contributed by atoms with Gasteiger partial charge in [0, 0.05) is 38.2 Å². The van der Waals surface area contributed by atoms with Gasteiger partial charge in [-0.25, -0.2) is 8.78 Å². The van der Waals surface area contributed by atoms with Crippen molar-refractivity contribution < 1.29 is 37.3 Å². The second kappa shape index (κ2) is 15.9. The molecule has 0 amide bonds. The number of hydrogen-bond acceptors (Lipinski definition) is 7. The molecule has 2 aromatic carbocycles. The highest BCUT2D eigenvalue weighted by Gasteiger charge is 1.99. The van der Waals surface area contributed by atoms with Crippen LogP contribution in [0.3, 0.4) is 0 Å². The van der Waals surface area contributed by atoms with E-state index in [-0.39, 0.29) is 17.2 Å². The molecule has 9 nitrogen and oxygen atoms in total. The number of aromatic amines is 1. The van der Waals surface area contributed by atoms with Crippen molar-refractivity contribution in [3.8, 4) is 11.5 Å². The van der Waals surface area contributed by atoms with Gasteiger partial charge in [-0.05, 0) is 41.5 Å². The van der Waals surface area contributed by atoms with E-state index in [4.69, 9.17) is 9.47 Å². The third-order valence-electron chi connectivity index (χ3n) is 4.44. The molecule has 0 unspecified atom stereocenters. The lowest BCUT2D eigenvalue weighted by atomic mass is 10.2. The molecule has 0 saturated heterocycles. The fraction of sp³-hybridized carbons (Fsp3) is 0.143. The fourth-order valence-electron chi connectivity index (χ4n) is 2.71. The summed E-state index contributed by atoms with van der Waals surface area (Å²) in [5, 5.41) is 10.8. The average molecular weight is 541 g/mol. The minimum Gasteiger partial charge on any atom is -0.619 e. The van der Waals surface area contributed by atoms with E-state index in [1.54, 1.807) is 42.5 Å². The van der Waals surface area contributed by atoms with Crippen LogP contribution in [-0.2, 0) is 27.5 Å². The first kappa shape index (κ1) is 30.2. The van der Waals surface area contributed by atoms with Crippen molar-refractivity contribution in [2.24, 2.45) is 0 Å².